The van der Waals surface area contributed by atoms with E-state index in [1.807, 2.05) is 0 Å². The van der Waals surface area contributed by atoms with Gasteiger partial charge in [-0.2, -0.15) is 0 Å². The number of aliphatic hydroxyl groups is 1. The van der Waals surface area contributed by atoms with Gasteiger partial charge in [-0.25, -0.2) is 0 Å². The van der Waals surface area contributed by atoms with Gasteiger partial charge in [-0.1, -0.05) is 24.3 Å². The van der Waals surface area contributed by atoms with E-state index in [1.165, 1.54) is 11.1 Å². The van der Waals surface area contributed by atoms with Gasteiger partial charge in [0.15, 0.2) is 0 Å². The molecule has 16 heavy (non-hydrogen) atoms. The summed E-state index contributed by atoms with van der Waals surface area (Å²) in [5.74, 6) is 0.617. The summed E-state index contributed by atoms with van der Waals surface area (Å²) >= 11 is 0. The topological polar surface area (TPSA) is 41.5 Å². The number of nitrogens with one attached hydrogen (secondary N) is 1. The first-order chi connectivity index (χ1) is 7.81. The minimum atomic E-state index is -0.402. The highest BCUT2D eigenvalue weighted by Gasteiger charge is 2.24. The Bertz CT molecular complexity index is 340. The molecule has 3 heteroatoms. The molecule has 2 N–H and O–H groups in total. The zero-order valence-electron chi connectivity index (χ0n) is 9.65. The maximum absolute atomic E-state index is 9.46. The van der Waals surface area contributed by atoms with Gasteiger partial charge in [-0.15, -0.1) is 0 Å². The van der Waals surface area contributed by atoms with Gasteiger partial charge in [0.2, 0.25) is 0 Å². The molecule has 0 fully saturated rings. The van der Waals surface area contributed by atoms with Crippen molar-refractivity contribution < 1.29 is 9.84 Å². The van der Waals surface area contributed by atoms with E-state index in [-0.39, 0.29) is 0 Å². The second kappa shape index (κ2) is 5.43. The summed E-state index contributed by atoms with van der Waals surface area (Å²) < 4.78 is 4.87. The van der Waals surface area contributed by atoms with Crippen LogP contribution in [0.4, 0.5) is 0 Å². The van der Waals surface area contributed by atoms with Crippen LogP contribution in [-0.2, 0) is 11.2 Å². The minimum Gasteiger partial charge on any atom is -0.389 e. The Morgan fingerprint density at radius 2 is 2.31 bits per heavy atom. The van der Waals surface area contributed by atoms with Crippen molar-refractivity contribution in [3.8, 4) is 0 Å². The SMILES string of the molecule is COCC(O)CNCC1Cc2ccccc21. The first kappa shape index (κ1) is 11.6. The number of hydrogen-bond acceptors (Lipinski definition) is 3. The van der Waals surface area contributed by atoms with E-state index in [9.17, 15) is 5.11 Å². The Balaban J connectivity index is 1.70. The summed E-state index contributed by atoms with van der Waals surface area (Å²) in [6.45, 7) is 1.94. The molecule has 0 aromatic heterocycles. The van der Waals surface area contributed by atoms with Crippen LogP contribution in [-0.4, -0.2) is 38.0 Å². The van der Waals surface area contributed by atoms with E-state index in [4.69, 9.17) is 4.74 Å². The molecular weight excluding hydrogens is 202 g/mol. The van der Waals surface area contributed by atoms with Crippen LogP contribution in [0.1, 0.15) is 17.0 Å². The molecule has 0 amide bonds. The van der Waals surface area contributed by atoms with E-state index in [0.29, 0.717) is 19.1 Å². The average molecular weight is 221 g/mol. The number of fused-ring (bicyclic) bond motifs is 1. The Hall–Kier alpha value is -0.900. The zero-order chi connectivity index (χ0) is 11.4. The number of rotatable bonds is 6. The number of aliphatic hydroxyl groups excluding tert-OH is 1. The fourth-order valence-electron chi connectivity index (χ4n) is 2.22. The van der Waals surface area contributed by atoms with Crippen molar-refractivity contribution in [2.24, 2.45) is 0 Å². The third kappa shape index (κ3) is 2.61. The maximum atomic E-state index is 9.46. The average Bonchev–Trinajstić information content (AvgIpc) is 2.25. The minimum absolute atomic E-state index is 0.397. The highest BCUT2D eigenvalue weighted by Crippen LogP contribution is 2.33. The lowest BCUT2D eigenvalue weighted by Gasteiger charge is -2.30. The van der Waals surface area contributed by atoms with Gasteiger partial charge in [0.05, 0.1) is 12.7 Å². The van der Waals surface area contributed by atoms with Gasteiger partial charge in [-0.05, 0) is 17.5 Å². The van der Waals surface area contributed by atoms with Crippen molar-refractivity contribution in [3.63, 3.8) is 0 Å². The van der Waals surface area contributed by atoms with E-state index in [1.54, 1.807) is 7.11 Å². The molecule has 0 heterocycles. The molecular formula is C13H19NO2. The third-order valence-corrected chi connectivity index (χ3v) is 3.09. The summed E-state index contributed by atoms with van der Waals surface area (Å²) in [5.41, 5.74) is 2.92. The number of hydrogen-bond donors (Lipinski definition) is 2. The highest BCUT2D eigenvalue weighted by molar-refractivity contribution is 5.40. The summed E-state index contributed by atoms with van der Waals surface area (Å²) in [5, 5.41) is 12.7. The molecule has 0 aliphatic heterocycles. The first-order valence-electron chi connectivity index (χ1n) is 5.76. The predicted octanol–water partition coefficient (Wildman–Crippen LogP) is 0.923. The van der Waals surface area contributed by atoms with E-state index in [0.717, 1.165) is 13.0 Å². The summed E-state index contributed by atoms with van der Waals surface area (Å²) in [6.07, 6.45) is 0.754. The molecule has 0 spiro atoms. The quantitative estimate of drug-likeness (QED) is 0.750. The lowest BCUT2D eigenvalue weighted by atomic mass is 9.77. The Morgan fingerprint density at radius 1 is 1.50 bits per heavy atom. The van der Waals surface area contributed by atoms with Crippen LogP contribution in [0.2, 0.25) is 0 Å². The van der Waals surface area contributed by atoms with Gasteiger partial charge in [0.1, 0.15) is 0 Å². The van der Waals surface area contributed by atoms with Gasteiger partial charge < -0.3 is 15.2 Å². The van der Waals surface area contributed by atoms with Gasteiger partial charge in [0.25, 0.3) is 0 Å². The normalized spacial score (nSPS) is 20.0. The van der Waals surface area contributed by atoms with Crippen molar-refractivity contribution in [1.29, 1.82) is 0 Å². The van der Waals surface area contributed by atoms with Gasteiger partial charge in [-0.3, -0.25) is 0 Å². The van der Waals surface area contributed by atoms with E-state index in [2.05, 4.69) is 29.6 Å². The molecule has 2 unspecified atom stereocenters. The van der Waals surface area contributed by atoms with Crippen LogP contribution in [0.5, 0.6) is 0 Å². The fourth-order valence-corrected chi connectivity index (χ4v) is 2.22. The van der Waals surface area contributed by atoms with Crippen LogP contribution in [0.25, 0.3) is 0 Å². The van der Waals surface area contributed by atoms with Gasteiger partial charge in [0, 0.05) is 26.1 Å². The second-order valence-corrected chi connectivity index (χ2v) is 4.37. The van der Waals surface area contributed by atoms with E-state index < -0.39 is 6.10 Å². The Labute approximate surface area is 96.4 Å². The van der Waals surface area contributed by atoms with Crippen LogP contribution in [0.3, 0.4) is 0 Å². The largest absolute Gasteiger partial charge is 0.389 e. The molecule has 1 aliphatic carbocycles. The van der Waals surface area contributed by atoms with Crippen molar-refractivity contribution in [2.75, 3.05) is 26.8 Å². The summed E-state index contributed by atoms with van der Waals surface area (Å²) in [7, 11) is 1.60. The monoisotopic (exact) mass is 221 g/mol. The van der Waals surface area contributed by atoms with Crippen molar-refractivity contribution in [3.05, 3.63) is 35.4 Å². The Morgan fingerprint density at radius 3 is 3.06 bits per heavy atom. The maximum Gasteiger partial charge on any atom is 0.0897 e. The highest BCUT2D eigenvalue weighted by atomic mass is 16.5. The molecule has 1 aliphatic rings. The molecule has 0 saturated heterocycles. The zero-order valence-corrected chi connectivity index (χ0v) is 9.65. The molecule has 0 saturated carbocycles. The number of methoxy groups -OCH3 is 1. The van der Waals surface area contributed by atoms with Crippen LogP contribution in [0, 0.1) is 0 Å². The van der Waals surface area contributed by atoms with Crippen molar-refractivity contribution in [1.82, 2.24) is 5.32 Å². The van der Waals surface area contributed by atoms with Crippen molar-refractivity contribution >= 4 is 0 Å². The Kier molecular flexibility index (Phi) is 3.93. The number of ether oxygens (including phenoxy) is 1. The molecule has 1 aromatic carbocycles. The second-order valence-electron chi connectivity index (χ2n) is 4.37. The molecule has 2 atom stereocenters. The third-order valence-electron chi connectivity index (χ3n) is 3.09. The summed E-state index contributed by atoms with van der Waals surface area (Å²) in [4.78, 5) is 0. The number of benzene rings is 1. The summed E-state index contributed by atoms with van der Waals surface area (Å²) in [6, 6.07) is 8.55. The smallest absolute Gasteiger partial charge is 0.0897 e. The van der Waals surface area contributed by atoms with Crippen LogP contribution >= 0.6 is 0 Å². The van der Waals surface area contributed by atoms with Gasteiger partial charge >= 0.3 is 0 Å². The first-order valence-corrected chi connectivity index (χ1v) is 5.76. The molecule has 88 valence electrons. The fraction of sp³-hybridized carbons (Fsp3) is 0.538. The molecule has 2 rings (SSSR count). The standard InChI is InChI=1S/C13H19NO2/c1-16-9-12(15)8-14-7-11-6-10-4-2-3-5-13(10)11/h2-5,11-12,14-15H,6-9H2,1H3. The molecule has 0 bridgehead atoms. The van der Waals surface area contributed by atoms with Crippen molar-refractivity contribution in [2.45, 2.75) is 18.4 Å². The predicted molar refractivity (Wildman–Crippen MR) is 63.6 cm³/mol. The van der Waals surface area contributed by atoms with Crippen LogP contribution < -0.4 is 5.32 Å². The molecule has 1 aromatic rings. The van der Waals surface area contributed by atoms with Crippen LogP contribution in [0.15, 0.2) is 24.3 Å². The lowest BCUT2D eigenvalue weighted by Crippen LogP contribution is -2.35. The lowest BCUT2D eigenvalue weighted by molar-refractivity contribution is 0.0643. The molecule has 0 radical (unpaired) electrons. The van der Waals surface area contributed by atoms with E-state index >= 15 is 0 Å². The molecule has 3 nitrogen and oxygen atoms in total.